The molecule has 1 unspecified atom stereocenters. The number of ether oxygens (including phenoxy) is 3. The predicted molar refractivity (Wildman–Crippen MR) is 75.9 cm³/mol. The molecule has 0 radical (unpaired) electrons. The highest BCUT2D eigenvalue weighted by Gasteiger charge is 2.19. The average molecular weight is 271 g/mol. The molecule has 2 N–H and O–H groups in total. The number of hydrogen-bond acceptors (Lipinski definition) is 4. The van der Waals surface area contributed by atoms with Crippen LogP contribution in [0.1, 0.15) is 24.2 Å². The maximum absolute atomic E-state index is 6.03. The molecule has 104 valence electrons. The van der Waals surface area contributed by atoms with E-state index in [2.05, 4.69) is 0 Å². The van der Waals surface area contributed by atoms with Crippen molar-refractivity contribution in [3.63, 3.8) is 0 Å². The van der Waals surface area contributed by atoms with Crippen LogP contribution in [-0.4, -0.2) is 6.79 Å². The fraction of sp³-hybridized carbons (Fsp3) is 0.250. The molecule has 4 heteroatoms. The van der Waals surface area contributed by atoms with Crippen LogP contribution in [-0.2, 0) is 6.54 Å². The Balaban J connectivity index is 1.87. The van der Waals surface area contributed by atoms with Gasteiger partial charge in [0.05, 0.1) is 0 Å². The third-order valence-corrected chi connectivity index (χ3v) is 3.35. The minimum absolute atomic E-state index is 0.0538. The van der Waals surface area contributed by atoms with Crippen molar-refractivity contribution in [1.82, 2.24) is 0 Å². The van der Waals surface area contributed by atoms with E-state index in [4.69, 9.17) is 19.9 Å². The van der Waals surface area contributed by atoms with E-state index in [0.29, 0.717) is 12.3 Å². The largest absolute Gasteiger partial charge is 0.486 e. The van der Waals surface area contributed by atoms with Crippen LogP contribution < -0.4 is 19.9 Å². The zero-order chi connectivity index (χ0) is 13.9. The Morgan fingerprint density at radius 3 is 2.55 bits per heavy atom. The van der Waals surface area contributed by atoms with Crippen molar-refractivity contribution in [3.8, 4) is 17.2 Å². The zero-order valence-corrected chi connectivity index (χ0v) is 11.3. The van der Waals surface area contributed by atoms with Gasteiger partial charge >= 0.3 is 0 Å². The van der Waals surface area contributed by atoms with Gasteiger partial charge in [-0.2, -0.15) is 0 Å². The third kappa shape index (κ3) is 2.42. The van der Waals surface area contributed by atoms with Crippen LogP contribution in [0.2, 0.25) is 0 Å². The third-order valence-electron chi connectivity index (χ3n) is 3.35. The maximum Gasteiger partial charge on any atom is 0.231 e. The van der Waals surface area contributed by atoms with Crippen LogP contribution in [0.15, 0.2) is 42.5 Å². The van der Waals surface area contributed by atoms with Gasteiger partial charge in [-0.05, 0) is 18.6 Å². The van der Waals surface area contributed by atoms with Gasteiger partial charge in [-0.3, -0.25) is 0 Å². The summed E-state index contributed by atoms with van der Waals surface area (Å²) in [7, 11) is 0. The summed E-state index contributed by atoms with van der Waals surface area (Å²) in [6.07, 6.45) is -0.0538. The minimum Gasteiger partial charge on any atom is -0.486 e. The Morgan fingerprint density at radius 1 is 1.15 bits per heavy atom. The summed E-state index contributed by atoms with van der Waals surface area (Å²) in [5.74, 6) is 2.18. The van der Waals surface area contributed by atoms with Gasteiger partial charge in [0.2, 0.25) is 6.79 Å². The summed E-state index contributed by atoms with van der Waals surface area (Å²) < 4.78 is 16.8. The topological polar surface area (TPSA) is 53.7 Å². The number of rotatable bonds is 4. The molecule has 1 aliphatic rings. The first-order valence-electron chi connectivity index (χ1n) is 6.62. The number of nitrogens with two attached hydrogens (primary N) is 1. The van der Waals surface area contributed by atoms with Gasteiger partial charge in [0.1, 0.15) is 11.9 Å². The molecule has 20 heavy (non-hydrogen) atoms. The SMILES string of the molecule is CC(Oc1cc2c(cc1CN)OCO2)c1ccccc1. The van der Waals surface area contributed by atoms with E-state index in [1.165, 1.54) is 0 Å². The molecule has 0 bridgehead atoms. The van der Waals surface area contributed by atoms with Gasteiger partial charge in [-0.25, -0.2) is 0 Å². The minimum atomic E-state index is -0.0538. The van der Waals surface area contributed by atoms with Crippen molar-refractivity contribution >= 4 is 0 Å². The first-order chi connectivity index (χ1) is 9.78. The monoisotopic (exact) mass is 271 g/mol. The summed E-state index contributed by atoms with van der Waals surface area (Å²) in [6, 6.07) is 13.8. The molecule has 2 aromatic rings. The van der Waals surface area contributed by atoms with Crippen molar-refractivity contribution in [3.05, 3.63) is 53.6 Å². The average Bonchev–Trinajstić information content (AvgIpc) is 2.94. The highest BCUT2D eigenvalue weighted by atomic mass is 16.7. The van der Waals surface area contributed by atoms with Crippen molar-refractivity contribution < 1.29 is 14.2 Å². The van der Waals surface area contributed by atoms with Crippen molar-refractivity contribution in [2.75, 3.05) is 6.79 Å². The highest BCUT2D eigenvalue weighted by Crippen LogP contribution is 2.39. The van der Waals surface area contributed by atoms with E-state index < -0.39 is 0 Å². The maximum atomic E-state index is 6.03. The normalized spacial score (nSPS) is 14.1. The van der Waals surface area contributed by atoms with Gasteiger partial charge in [0, 0.05) is 18.2 Å². The predicted octanol–water partition coefficient (Wildman–Crippen LogP) is 3.01. The Labute approximate surface area is 118 Å². The van der Waals surface area contributed by atoms with Gasteiger partial charge < -0.3 is 19.9 Å². The standard InChI is InChI=1S/C16H17NO3/c1-11(12-5-3-2-4-6-12)20-14-8-16-15(18-10-19-16)7-13(14)9-17/h2-8,11H,9-10,17H2,1H3. The van der Waals surface area contributed by atoms with Crippen LogP contribution >= 0.6 is 0 Å². The lowest BCUT2D eigenvalue weighted by molar-refractivity contribution is 0.173. The van der Waals surface area contributed by atoms with Crippen LogP contribution in [0.4, 0.5) is 0 Å². The van der Waals surface area contributed by atoms with Gasteiger partial charge in [-0.15, -0.1) is 0 Å². The second-order valence-corrected chi connectivity index (χ2v) is 4.69. The lowest BCUT2D eigenvalue weighted by atomic mass is 10.1. The molecule has 1 atom stereocenters. The Hall–Kier alpha value is -2.20. The smallest absolute Gasteiger partial charge is 0.231 e. The van der Waals surface area contributed by atoms with E-state index in [1.807, 2.05) is 49.4 Å². The summed E-state index contributed by atoms with van der Waals surface area (Å²) in [4.78, 5) is 0. The molecule has 4 nitrogen and oxygen atoms in total. The van der Waals surface area contributed by atoms with Crippen LogP contribution in [0.25, 0.3) is 0 Å². The molecule has 2 aromatic carbocycles. The van der Waals surface area contributed by atoms with Gasteiger partial charge in [-0.1, -0.05) is 30.3 Å². The van der Waals surface area contributed by atoms with E-state index in [0.717, 1.165) is 22.6 Å². The Bertz CT molecular complexity index is 598. The lowest BCUT2D eigenvalue weighted by Crippen LogP contribution is -2.07. The summed E-state index contributed by atoms with van der Waals surface area (Å²) in [6.45, 7) is 2.66. The first-order valence-corrected chi connectivity index (χ1v) is 6.62. The van der Waals surface area contributed by atoms with Crippen molar-refractivity contribution in [2.24, 2.45) is 5.73 Å². The zero-order valence-electron chi connectivity index (χ0n) is 11.3. The number of fused-ring (bicyclic) bond motifs is 1. The van der Waals surface area contributed by atoms with E-state index in [9.17, 15) is 0 Å². The molecule has 0 amide bonds. The van der Waals surface area contributed by atoms with Gasteiger partial charge in [0.25, 0.3) is 0 Å². The first kappa shape index (κ1) is 12.8. The molecule has 0 fully saturated rings. The van der Waals surface area contributed by atoms with E-state index in [1.54, 1.807) is 0 Å². The molecule has 0 spiro atoms. The fourth-order valence-electron chi connectivity index (χ4n) is 2.22. The van der Waals surface area contributed by atoms with Crippen molar-refractivity contribution in [2.45, 2.75) is 19.6 Å². The second kappa shape index (κ2) is 5.43. The molecule has 1 heterocycles. The molecule has 1 aliphatic heterocycles. The van der Waals surface area contributed by atoms with Crippen LogP contribution in [0.5, 0.6) is 17.2 Å². The van der Waals surface area contributed by atoms with Crippen LogP contribution in [0.3, 0.4) is 0 Å². The molecule has 0 saturated carbocycles. The second-order valence-electron chi connectivity index (χ2n) is 4.69. The highest BCUT2D eigenvalue weighted by molar-refractivity contribution is 5.52. The molecule has 0 saturated heterocycles. The molecular formula is C16H17NO3. The van der Waals surface area contributed by atoms with E-state index in [-0.39, 0.29) is 12.9 Å². The lowest BCUT2D eigenvalue weighted by Gasteiger charge is -2.18. The summed E-state index contributed by atoms with van der Waals surface area (Å²) in [5.41, 5.74) is 7.82. The summed E-state index contributed by atoms with van der Waals surface area (Å²) in [5, 5.41) is 0. The number of hydrogen-bond donors (Lipinski definition) is 1. The molecule has 0 aromatic heterocycles. The van der Waals surface area contributed by atoms with Crippen LogP contribution in [0, 0.1) is 0 Å². The Morgan fingerprint density at radius 2 is 1.85 bits per heavy atom. The quantitative estimate of drug-likeness (QED) is 0.928. The van der Waals surface area contributed by atoms with Crippen molar-refractivity contribution in [1.29, 1.82) is 0 Å². The van der Waals surface area contributed by atoms with Gasteiger partial charge in [0.15, 0.2) is 11.5 Å². The fourth-order valence-corrected chi connectivity index (χ4v) is 2.22. The molecule has 0 aliphatic carbocycles. The van der Waals surface area contributed by atoms with E-state index >= 15 is 0 Å². The summed E-state index contributed by atoms with van der Waals surface area (Å²) >= 11 is 0. The Kier molecular flexibility index (Phi) is 3.48. The molecule has 3 rings (SSSR count). The number of benzene rings is 2. The molecular weight excluding hydrogens is 254 g/mol.